The van der Waals surface area contributed by atoms with Crippen molar-refractivity contribution in [1.29, 1.82) is 0 Å². The third-order valence-electron chi connectivity index (χ3n) is 6.70. The third kappa shape index (κ3) is 4.47. The van der Waals surface area contributed by atoms with Gasteiger partial charge in [-0.25, -0.2) is 19.7 Å². The molecule has 0 radical (unpaired) electrons. The molecule has 178 valence electrons. The first-order valence-electron chi connectivity index (χ1n) is 12.2. The first kappa shape index (κ1) is 22.3. The standard InChI is InChI=1S/C25H30N6O3/c1-2-34-25(33)18-7-9-19(10-8-18)28-24(32)17-11-14-30(15-12-17)22-21-23(27-16-26-22)31-13-5-3-4-6-20(31)29-21/h7-10,16-17H,2-6,11-15H2,1H3,(H,28,32). The van der Waals surface area contributed by atoms with Gasteiger partial charge in [-0.2, -0.15) is 0 Å². The number of aryl methyl sites for hydroxylation is 2. The second kappa shape index (κ2) is 9.79. The monoisotopic (exact) mass is 462 g/mol. The molecule has 3 aromatic rings. The summed E-state index contributed by atoms with van der Waals surface area (Å²) < 4.78 is 7.25. The largest absolute Gasteiger partial charge is 0.462 e. The molecule has 34 heavy (non-hydrogen) atoms. The van der Waals surface area contributed by atoms with Crippen LogP contribution < -0.4 is 10.2 Å². The van der Waals surface area contributed by atoms with Gasteiger partial charge in [0.05, 0.1) is 12.2 Å². The van der Waals surface area contributed by atoms with E-state index in [2.05, 4.69) is 24.8 Å². The highest BCUT2D eigenvalue weighted by Crippen LogP contribution is 2.29. The van der Waals surface area contributed by atoms with Crippen molar-refractivity contribution in [1.82, 2.24) is 19.5 Å². The summed E-state index contributed by atoms with van der Waals surface area (Å²) in [5.74, 6) is 1.55. The van der Waals surface area contributed by atoms with Gasteiger partial charge in [0.15, 0.2) is 17.0 Å². The molecule has 1 saturated heterocycles. The van der Waals surface area contributed by atoms with Gasteiger partial charge in [-0.3, -0.25) is 4.79 Å². The minimum absolute atomic E-state index is 0.00470. The quantitative estimate of drug-likeness (QED) is 0.578. The Hall–Kier alpha value is -3.49. The van der Waals surface area contributed by atoms with Crippen molar-refractivity contribution in [2.45, 2.75) is 52.0 Å². The number of benzene rings is 1. The lowest BCUT2D eigenvalue weighted by Gasteiger charge is -2.32. The lowest BCUT2D eigenvalue weighted by Crippen LogP contribution is -2.38. The maximum absolute atomic E-state index is 12.8. The minimum atomic E-state index is -0.360. The predicted molar refractivity (Wildman–Crippen MR) is 129 cm³/mol. The van der Waals surface area contributed by atoms with Crippen LogP contribution in [0.25, 0.3) is 11.2 Å². The van der Waals surface area contributed by atoms with Crippen LogP contribution in [0.3, 0.4) is 0 Å². The first-order chi connectivity index (χ1) is 16.6. The van der Waals surface area contributed by atoms with Crippen LogP contribution in [0.2, 0.25) is 0 Å². The van der Waals surface area contributed by atoms with E-state index in [1.54, 1.807) is 37.5 Å². The summed E-state index contributed by atoms with van der Waals surface area (Å²) in [5.41, 5.74) is 2.95. The Kier molecular flexibility index (Phi) is 6.42. The fourth-order valence-electron chi connectivity index (χ4n) is 4.86. The number of aromatic nitrogens is 4. The Morgan fingerprint density at radius 1 is 1.06 bits per heavy atom. The molecule has 1 aromatic carbocycles. The number of rotatable bonds is 5. The van der Waals surface area contributed by atoms with Crippen LogP contribution in [-0.4, -0.2) is 51.1 Å². The zero-order valence-corrected chi connectivity index (χ0v) is 19.5. The summed E-state index contributed by atoms with van der Waals surface area (Å²) in [6.07, 6.45) is 7.66. The summed E-state index contributed by atoms with van der Waals surface area (Å²) in [5, 5.41) is 2.98. The molecule has 1 amide bonds. The van der Waals surface area contributed by atoms with E-state index >= 15 is 0 Å². The number of imidazole rings is 1. The van der Waals surface area contributed by atoms with Crippen molar-refractivity contribution < 1.29 is 14.3 Å². The van der Waals surface area contributed by atoms with Gasteiger partial charge in [0.1, 0.15) is 12.2 Å². The van der Waals surface area contributed by atoms with Crippen LogP contribution in [0.5, 0.6) is 0 Å². The molecule has 0 aliphatic carbocycles. The highest BCUT2D eigenvalue weighted by Gasteiger charge is 2.28. The number of anilines is 2. The van der Waals surface area contributed by atoms with Crippen LogP contribution in [0.15, 0.2) is 30.6 Å². The van der Waals surface area contributed by atoms with E-state index < -0.39 is 0 Å². The summed E-state index contributed by atoms with van der Waals surface area (Å²) in [7, 11) is 0. The van der Waals surface area contributed by atoms with Crippen molar-refractivity contribution in [2.24, 2.45) is 5.92 Å². The molecule has 0 unspecified atom stereocenters. The third-order valence-corrected chi connectivity index (χ3v) is 6.70. The second-order valence-electron chi connectivity index (χ2n) is 8.91. The number of esters is 1. The summed E-state index contributed by atoms with van der Waals surface area (Å²) in [4.78, 5) is 40.9. The number of nitrogens with zero attached hydrogens (tertiary/aromatic N) is 5. The number of ether oxygens (including phenoxy) is 1. The lowest BCUT2D eigenvalue weighted by atomic mass is 9.95. The molecule has 9 heteroatoms. The number of hydrogen-bond acceptors (Lipinski definition) is 7. The Morgan fingerprint density at radius 3 is 2.62 bits per heavy atom. The maximum Gasteiger partial charge on any atom is 0.338 e. The summed E-state index contributed by atoms with van der Waals surface area (Å²) >= 11 is 0. The van der Waals surface area contributed by atoms with Crippen LogP contribution in [-0.2, 0) is 22.5 Å². The number of fused-ring (bicyclic) bond motifs is 3. The molecule has 0 bridgehead atoms. The molecule has 9 nitrogen and oxygen atoms in total. The summed E-state index contributed by atoms with van der Waals surface area (Å²) in [6, 6.07) is 6.81. The molecule has 0 saturated carbocycles. The average Bonchev–Trinajstić information content (AvgIpc) is 3.05. The molecule has 2 aromatic heterocycles. The van der Waals surface area contributed by atoms with Gasteiger partial charge in [0.2, 0.25) is 5.91 Å². The van der Waals surface area contributed by atoms with Crippen LogP contribution >= 0.6 is 0 Å². The van der Waals surface area contributed by atoms with Crippen molar-refractivity contribution in [3.8, 4) is 0 Å². The van der Waals surface area contributed by atoms with Crippen LogP contribution in [0, 0.1) is 5.92 Å². The Morgan fingerprint density at radius 2 is 1.85 bits per heavy atom. The number of nitrogens with one attached hydrogen (secondary N) is 1. The van der Waals surface area contributed by atoms with Gasteiger partial charge >= 0.3 is 5.97 Å². The predicted octanol–water partition coefficient (Wildman–Crippen LogP) is 3.58. The Balaban J connectivity index is 1.22. The van der Waals surface area contributed by atoms with E-state index in [0.29, 0.717) is 17.9 Å². The van der Waals surface area contributed by atoms with E-state index in [1.807, 2.05) is 0 Å². The number of piperidine rings is 1. The molecule has 0 atom stereocenters. The molecular weight excluding hydrogens is 432 g/mol. The normalized spacial score (nSPS) is 16.7. The van der Waals surface area contributed by atoms with Crippen molar-refractivity contribution in [3.05, 3.63) is 42.0 Å². The first-order valence-corrected chi connectivity index (χ1v) is 12.2. The van der Waals surface area contributed by atoms with E-state index in [4.69, 9.17) is 9.72 Å². The van der Waals surface area contributed by atoms with Crippen LogP contribution in [0.4, 0.5) is 11.5 Å². The van der Waals surface area contributed by atoms with E-state index in [-0.39, 0.29) is 17.8 Å². The van der Waals surface area contributed by atoms with Gasteiger partial charge in [0, 0.05) is 37.7 Å². The Bertz CT molecular complexity index is 1180. The van der Waals surface area contributed by atoms with Gasteiger partial charge in [-0.15, -0.1) is 0 Å². The SMILES string of the molecule is CCOC(=O)c1ccc(NC(=O)C2CCN(c3ncnc4c3nc3n4CCCCC3)CC2)cc1. The fraction of sp³-hybridized carbons (Fsp3) is 0.480. The number of amides is 1. The number of carbonyl (C=O) groups is 2. The van der Waals surface area contributed by atoms with Gasteiger partial charge in [-0.05, 0) is 56.9 Å². The maximum atomic E-state index is 12.8. The molecule has 2 aliphatic rings. The lowest BCUT2D eigenvalue weighted by molar-refractivity contribution is -0.120. The zero-order valence-electron chi connectivity index (χ0n) is 19.5. The highest BCUT2D eigenvalue weighted by molar-refractivity contribution is 5.94. The topological polar surface area (TPSA) is 102 Å². The highest BCUT2D eigenvalue weighted by atomic mass is 16.5. The fourth-order valence-corrected chi connectivity index (χ4v) is 4.86. The molecule has 1 N–H and O–H groups in total. The number of hydrogen-bond donors (Lipinski definition) is 1. The number of carbonyl (C=O) groups excluding carboxylic acids is 2. The zero-order chi connectivity index (χ0) is 23.5. The van der Waals surface area contributed by atoms with E-state index in [1.165, 1.54) is 6.42 Å². The molecule has 4 heterocycles. The smallest absolute Gasteiger partial charge is 0.338 e. The molecule has 0 spiro atoms. The van der Waals surface area contributed by atoms with Crippen LogP contribution in [0.1, 0.15) is 55.2 Å². The van der Waals surface area contributed by atoms with Crippen molar-refractivity contribution in [3.63, 3.8) is 0 Å². The second-order valence-corrected chi connectivity index (χ2v) is 8.91. The van der Waals surface area contributed by atoms with Gasteiger partial charge in [0.25, 0.3) is 0 Å². The molecule has 1 fully saturated rings. The molecule has 2 aliphatic heterocycles. The van der Waals surface area contributed by atoms with Gasteiger partial charge in [-0.1, -0.05) is 6.42 Å². The minimum Gasteiger partial charge on any atom is -0.462 e. The van der Waals surface area contributed by atoms with Crippen molar-refractivity contribution in [2.75, 3.05) is 29.9 Å². The average molecular weight is 463 g/mol. The van der Waals surface area contributed by atoms with E-state index in [9.17, 15) is 9.59 Å². The van der Waals surface area contributed by atoms with E-state index in [0.717, 1.165) is 74.5 Å². The Labute approximate surface area is 198 Å². The molecular formula is C25H30N6O3. The summed E-state index contributed by atoms with van der Waals surface area (Å²) in [6.45, 7) is 4.56. The molecule has 5 rings (SSSR count). The van der Waals surface area contributed by atoms with Gasteiger partial charge < -0.3 is 19.5 Å². The van der Waals surface area contributed by atoms with Crippen molar-refractivity contribution >= 4 is 34.5 Å².